The largest absolute Gasteiger partial charge is 0.487 e. The molecule has 2 aromatic heterocycles. The molecule has 158 valence electrons. The number of ether oxygens (including phenoxy) is 2. The van der Waals surface area contributed by atoms with Gasteiger partial charge < -0.3 is 19.3 Å². The van der Waals surface area contributed by atoms with Crippen LogP contribution in [0.4, 0.5) is 5.69 Å². The van der Waals surface area contributed by atoms with Crippen LogP contribution < -0.4 is 20.3 Å². The zero-order valence-corrected chi connectivity index (χ0v) is 17.3. The van der Waals surface area contributed by atoms with Crippen molar-refractivity contribution in [3.63, 3.8) is 0 Å². The molecule has 0 bridgehead atoms. The molecule has 0 aliphatic carbocycles. The molecule has 0 fully saturated rings. The smallest absolute Gasteiger partial charge is 0.287 e. The predicted molar refractivity (Wildman–Crippen MR) is 115 cm³/mol. The maximum Gasteiger partial charge on any atom is 0.287 e. The number of amides is 1. The number of halogens is 1. The van der Waals surface area contributed by atoms with Crippen molar-refractivity contribution in [2.75, 3.05) is 11.9 Å². The van der Waals surface area contributed by atoms with Gasteiger partial charge in [-0.05, 0) is 43.3 Å². The fourth-order valence-corrected chi connectivity index (χ4v) is 2.97. The highest BCUT2D eigenvalue weighted by molar-refractivity contribution is 6.30. The maximum atomic E-state index is 12.1. The molecular weight excluding hydrogens is 422 g/mol. The second-order valence-electron chi connectivity index (χ2n) is 6.69. The van der Waals surface area contributed by atoms with E-state index in [1.54, 1.807) is 61.5 Å². The summed E-state index contributed by atoms with van der Waals surface area (Å²) in [5, 5.41) is 3.34. The van der Waals surface area contributed by atoms with Gasteiger partial charge in [0.15, 0.2) is 12.3 Å². The quantitative estimate of drug-likeness (QED) is 0.470. The molecule has 2 aromatic carbocycles. The van der Waals surface area contributed by atoms with Gasteiger partial charge in [0.05, 0.1) is 5.69 Å². The van der Waals surface area contributed by atoms with Crippen molar-refractivity contribution in [1.82, 2.24) is 9.56 Å². The van der Waals surface area contributed by atoms with E-state index in [2.05, 4.69) is 10.3 Å². The van der Waals surface area contributed by atoms with Crippen LogP contribution in [-0.4, -0.2) is 22.1 Å². The van der Waals surface area contributed by atoms with Gasteiger partial charge in [-0.25, -0.2) is 4.98 Å². The van der Waals surface area contributed by atoms with Crippen LogP contribution in [0.2, 0.25) is 5.02 Å². The molecule has 0 spiro atoms. The Balaban J connectivity index is 1.35. The van der Waals surface area contributed by atoms with E-state index in [4.69, 9.17) is 25.6 Å². The van der Waals surface area contributed by atoms with Gasteiger partial charge in [-0.15, -0.1) is 4.57 Å². The molecule has 4 aromatic rings. The average Bonchev–Trinajstić information content (AvgIpc) is 3.13. The summed E-state index contributed by atoms with van der Waals surface area (Å²) in [4.78, 5) is 28.6. The number of aromatic nitrogens is 2. The summed E-state index contributed by atoms with van der Waals surface area (Å²) < 4.78 is 17.6. The van der Waals surface area contributed by atoms with Crippen LogP contribution in [0.25, 0.3) is 5.65 Å². The van der Waals surface area contributed by atoms with Gasteiger partial charge in [0.1, 0.15) is 23.9 Å². The van der Waals surface area contributed by atoms with E-state index in [-0.39, 0.29) is 24.7 Å². The van der Waals surface area contributed by atoms with Gasteiger partial charge in [0, 0.05) is 28.9 Å². The number of hydrogen-bond acceptors (Lipinski definition) is 6. The molecule has 0 atom stereocenters. The molecule has 0 saturated heterocycles. The zero-order valence-electron chi connectivity index (χ0n) is 16.5. The first kappa shape index (κ1) is 20.5. The molecule has 9 heteroatoms. The van der Waals surface area contributed by atoms with Crippen molar-refractivity contribution in [2.24, 2.45) is 0 Å². The van der Waals surface area contributed by atoms with E-state index >= 15 is 0 Å². The molecule has 2 heterocycles. The van der Waals surface area contributed by atoms with Crippen LogP contribution >= 0.6 is 11.6 Å². The van der Waals surface area contributed by atoms with E-state index < -0.39 is 0 Å². The van der Waals surface area contributed by atoms with Crippen molar-refractivity contribution >= 4 is 28.8 Å². The third-order valence-corrected chi connectivity index (χ3v) is 4.46. The summed E-state index contributed by atoms with van der Waals surface area (Å²) >= 11 is 5.82. The summed E-state index contributed by atoms with van der Waals surface area (Å²) in [7, 11) is 0. The van der Waals surface area contributed by atoms with Crippen LogP contribution in [0.3, 0.4) is 0 Å². The van der Waals surface area contributed by atoms with Gasteiger partial charge >= 0.3 is 0 Å². The van der Waals surface area contributed by atoms with Crippen molar-refractivity contribution in [1.29, 1.82) is 0 Å². The van der Waals surface area contributed by atoms with Crippen molar-refractivity contribution < 1.29 is 18.8 Å². The monoisotopic (exact) mass is 439 g/mol. The molecule has 0 aliphatic heterocycles. The van der Waals surface area contributed by atoms with Crippen molar-refractivity contribution in [3.05, 3.63) is 87.5 Å². The Hall–Kier alpha value is -3.78. The van der Waals surface area contributed by atoms with Gasteiger partial charge in [0.2, 0.25) is 0 Å². The fourth-order valence-electron chi connectivity index (χ4n) is 2.85. The standard InChI is InChI=1S/C22H18ClN3O5/c1-14-9-20-24-17(11-22(28)26(20)31-14)12-29-19-4-2-3-16(10-19)25-21(27)13-30-18-7-5-15(23)6-8-18/h2-11H,12-13H2,1H3,(H,25,27). The number of carbonyl (C=O) groups excluding carboxylic acids is 1. The van der Waals surface area contributed by atoms with E-state index in [0.29, 0.717) is 39.3 Å². The Labute approximate surface area is 182 Å². The molecule has 31 heavy (non-hydrogen) atoms. The molecule has 0 saturated carbocycles. The van der Waals surface area contributed by atoms with E-state index in [9.17, 15) is 9.59 Å². The Morgan fingerprint density at radius 1 is 1.10 bits per heavy atom. The number of nitrogens with zero attached hydrogens (tertiary/aromatic N) is 2. The first-order chi connectivity index (χ1) is 15.0. The number of aryl methyl sites for hydroxylation is 1. The van der Waals surface area contributed by atoms with Crippen LogP contribution in [-0.2, 0) is 11.4 Å². The number of rotatable bonds is 7. The molecule has 0 unspecified atom stereocenters. The minimum Gasteiger partial charge on any atom is -0.487 e. The third-order valence-electron chi connectivity index (χ3n) is 4.21. The molecule has 0 aliphatic rings. The van der Waals surface area contributed by atoms with Gasteiger partial charge in [-0.2, -0.15) is 0 Å². The van der Waals surface area contributed by atoms with Gasteiger partial charge in [-0.1, -0.05) is 17.7 Å². The lowest BCUT2D eigenvalue weighted by molar-refractivity contribution is -0.118. The van der Waals surface area contributed by atoms with Crippen molar-refractivity contribution in [2.45, 2.75) is 13.5 Å². The molecule has 1 amide bonds. The Morgan fingerprint density at radius 3 is 2.71 bits per heavy atom. The first-order valence-corrected chi connectivity index (χ1v) is 9.75. The summed E-state index contributed by atoms with van der Waals surface area (Å²) in [6.45, 7) is 1.68. The summed E-state index contributed by atoms with van der Waals surface area (Å²) in [6.07, 6.45) is 0. The second-order valence-corrected chi connectivity index (χ2v) is 7.13. The molecule has 4 rings (SSSR count). The normalized spacial score (nSPS) is 10.8. The van der Waals surface area contributed by atoms with Crippen LogP contribution in [0.5, 0.6) is 11.5 Å². The molecular formula is C22H18ClN3O5. The first-order valence-electron chi connectivity index (χ1n) is 9.37. The highest BCUT2D eigenvalue weighted by atomic mass is 35.5. The lowest BCUT2D eigenvalue weighted by Crippen LogP contribution is -2.20. The molecule has 8 nitrogen and oxygen atoms in total. The Bertz CT molecular complexity index is 1280. The van der Waals surface area contributed by atoms with Crippen molar-refractivity contribution in [3.8, 4) is 11.5 Å². The predicted octanol–water partition coefficient (Wildman–Crippen LogP) is 3.85. The second kappa shape index (κ2) is 8.93. The molecule has 0 radical (unpaired) electrons. The summed E-state index contributed by atoms with van der Waals surface area (Å²) in [5.74, 6) is 1.33. The number of carbonyl (C=O) groups is 1. The van der Waals surface area contributed by atoms with E-state index in [1.807, 2.05) is 0 Å². The third kappa shape index (κ3) is 5.23. The highest BCUT2D eigenvalue weighted by Gasteiger charge is 2.08. The minimum atomic E-state index is -0.321. The summed E-state index contributed by atoms with van der Waals surface area (Å²) in [5.41, 5.74) is 1.12. The summed E-state index contributed by atoms with van der Waals surface area (Å²) in [6, 6.07) is 16.7. The van der Waals surface area contributed by atoms with Gasteiger partial charge in [0.25, 0.3) is 11.5 Å². The van der Waals surface area contributed by atoms with Crippen LogP contribution in [0.15, 0.2) is 70.0 Å². The number of fused-ring (bicyclic) bond motifs is 1. The van der Waals surface area contributed by atoms with Crippen LogP contribution in [0.1, 0.15) is 11.5 Å². The number of hydrogen-bond donors (Lipinski definition) is 1. The van der Waals surface area contributed by atoms with Gasteiger partial charge in [-0.3, -0.25) is 9.59 Å². The number of nitrogens with one attached hydrogen (secondary N) is 1. The Kier molecular flexibility index (Phi) is 5.90. The molecule has 1 N–H and O–H groups in total. The SMILES string of the molecule is Cc1cc2nc(COc3cccc(NC(=O)COc4ccc(Cl)cc4)c3)cc(=O)n2o1. The zero-order chi connectivity index (χ0) is 21.8. The lowest BCUT2D eigenvalue weighted by atomic mass is 10.3. The number of anilines is 1. The maximum absolute atomic E-state index is 12.1. The lowest BCUT2D eigenvalue weighted by Gasteiger charge is -2.10. The van der Waals surface area contributed by atoms with E-state index in [0.717, 1.165) is 4.57 Å². The van der Waals surface area contributed by atoms with E-state index in [1.165, 1.54) is 6.07 Å². The topological polar surface area (TPSA) is 95.1 Å². The highest BCUT2D eigenvalue weighted by Crippen LogP contribution is 2.19. The number of benzene rings is 2. The Morgan fingerprint density at radius 2 is 1.90 bits per heavy atom. The average molecular weight is 440 g/mol. The fraction of sp³-hybridized carbons (Fsp3) is 0.136. The van der Waals surface area contributed by atoms with Crippen LogP contribution in [0, 0.1) is 6.92 Å². The minimum absolute atomic E-state index is 0.0903.